The Hall–Kier alpha value is -3.08. The maximum Gasteiger partial charge on any atom is 0.239 e. The van der Waals surface area contributed by atoms with Gasteiger partial charge in [0, 0.05) is 17.6 Å². The largest absolute Gasteiger partial charge is 0.459 e. The molecule has 1 N–H and O–H groups in total. The number of fused-ring (bicyclic) bond motifs is 1. The zero-order chi connectivity index (χ0) is 19.0. The molecule has 1 aliphatic rings. The van der Waals surface area contributed by atoms with E-state index in [1.54, 1.807) is 4.90 Å². The van der Waals surface area contributed by atoms with Gasteiger partial charge in [0.05, 0.1) is 6.54 Å². The zero-order valence-corrected chi connectivity index (χ0v) is 15.5. The highest BCUT2D eigenvalue weighted by Crippen LogP contribution is 2.27. The van der Waals surface area contributed by atoms with Crippen LogP contribution in [0, 0.1) is 19.8 Å². The van der Waals surface area contributed by atoms with Crippen molar-refractivity contribution in [1.82, 2.24) is 5.32 Å². The van der Waals surface area contributed by atoms with E-state index in [1.807, 2.05) is 62.4 Å². The Morgan fingerprint density at radius 3 is 2.74 bits per heavy atom. The van der Waals surface area contributed by atoms with Crippen molar-refractivity contribution in [2.45, 2.75) is 26.8 Å². The van der Waals surface area contributed by atoms with Crippen LogP contribution in [0.25, 0.3) is 11.0 Å². The molecule has 2 heterocycles. The van der Waals surface area contributed by atoms with Crippen LogP contribution in [0.4, 0.5) is 5.69 Å². The SMILES string of the molecule is Cc1ccc(N2CC[C@H](C(=O)NCc3cc4ccccc4o3)C2=O)cc1C. The van der Waals surface area contributed by atoms with Crippen LogP contribution in [0.3, 0.4) is 0 Å². The van der Waals surface area contributed by atoms with Gasteiger partial charge in [0.1, 0.15) is 17.3 Å². The summed E-state index contributed by atoms with van der Waals surface area (Å²) in [5, 5.41) is 3.84. The van der Waals surface area contributed by atoms with Crippen molar-refractivity contribution in [3.63, 3.8) is 0 Å². The minimum absolute atomic E-state index is 0.139. The lowest BCUT2D eigenvalue weighted by molar-refractivity contribution is -0.132. The summed E-state index contributed by atoms with van der Waals surface area (Å²) in [6.45, 7) is 4.90. The molecule has 0 spiro atoms. The summed E-state index contributed by atoms with van der Waals surface area (Å²) in [5.74, 6) is -0.343. The fourth-order valence-corrected chi connectivity index (χ4v) is 3.49. The molecule has 138 valence electrons. The molecule has 27 heavy (non-hydrogen) atoms. The Balaban J connectivity index is 1.41. The smallest absolute Gasteiger partial charge is 0.239 e. The summed E-state index contributed by atoms with van der Waals surface area (Å²) in [6, 6.07) is 15.6. The average Bonchev–Trinajstić information content (AvgIpc) is 3.25. The Labute approximate surface area is 158 Å². The molecule has 2 aromatic carbocycles. The van der Waals surface area contributed by atoms with Gasteiger partial charge in [-0.1, -0.05) is 24.3 Å². The molecule has 1 aromatic heterocycles. The summed E-state index contributed by atoms with van der Waals surface area (Å²) in [4.78, 5) is 27.0. The monoisotopic (exact) mass is 362 g/mol. The molecule has 1 saturated heterocycles. The number of hydrogen-bond donors (Lipinski definition) is 1. The molecule has 2 amide bonds. The maximum atomic E-state index is 12.7. The summed E-state index contributed by atoms with van der Waals surface area (Å²) in [5.41, 5.74) is 3.97. The van der Waals surface area contributed by atoms with Gasteiger partial charge in [0.2, 0.25) is 11.8 Å². The van der Waals surface area contributed by atoms with Gasteiger partial charge in [-0.2, -0.15) is 0 Å². The van der Waals surface area contributed by atoms with E-state index in [4.69, 9.17) is 4.42 Å². The first-order valence-electron chi connectivity index (χ1n) is 9.17. The third kappa shape index (κ3) is 3.33. The van der Waals surface area contributed by atoms with E-state index >= 15 is 0 Å². The predicted octanol–water partition coefficient (Wildman–Crippen LogP) is 3.72. The molecule has 0 aliphatic carbocycles. The molecule has 0 unspecified atom stereocenters. The van der Waals surface area contributed by atoms with Gasteiger partial charge in [0.15, 0.2) is 0 Å². The summed E-state index contributed by atoms with van der Waals surface area (Å²) in [6.07, 6.45) is 0.526. The molecule has 5 nitrogen and oxygen atoms in total. The second-order valence-electron chi connectivity index (χ2n) is 7.07. The number of nitrogens with one attached hydrogen (secondary N) is 1. The lowest BCUT2D eigenvalue weighted by atomic mass is 10.1. The normalized spacial score (nSPS) is 16.9. The van der Waals surface area contributed by atoms with Gasteiger partial charge in [-0.15, -0.1) is 0 Å². The molecule has 1 fully saturated rings. The van der Waals surface area contributed by atoms with Crippen LogP contribution < -0.4 is 10.2 Å². The molecular formula is C22H22N2O3. The van der Waals surface area contributed by atoms with Crippen molar-refractivity contribution in [1.29, 1.82) is 0 Å². The Bertz CT molecular complexity index is 988. The number of amides is 2. The zero-order valence-electron chi connectivity index (χ0n) is 15.5. The number of nitrogens with zero attached hydrogens (tertiary/aromatic N) is 1. The van der Waals surface area contributed by atoms with Gasteiger partial charge < -0.3 is 14.6 Å². The molecule has 4 rings (SSSR count). The van der Waals surface area contributed by atoms with Gasteiger partial charge in [0.25, 0.3) is 0 Å². The molecule has 0 bridgehead atoms. The van der Waals surface area contributed by atoms with Crippen molar-refractivity contribution >= 4 is 28.5 Å². The molecule has 3 aromatic rings. The first-order valence-corrected chi connectivity index (χ1v) is 9.17. The quantitative estimate of drug-likeness (QED) is 0.720. The molecule has 0 saturated carbocycles. The third-order valence-corrected chi connectivity index (χ3v) is 5.24. The highest BCUT2D eigenvalue weighted by Gasteiger charge is 2.37. The van der Waals surface area contributed by atoms with E-state index in [-0.39, 0.29) is 18.4 Å². The number of aryl methyl sites for hydroxylation is 2. The highest BCUT2D eigenvalue weighted by molar-refractivity contribution is 6.09. The number of hydrogen-bond acceptors (Lipinski definition) is 3. The number of furan rings is 1. The van der Waals surface area contributed by atoms with E-state index in [0.717, 1.165) is 22.2 Å². The van der Waals surface area contributed by atoms with Gasteiger partial charge in [-0.05, 0) is 55.7 Å². The first kappa shape index (κ1) is 17.3. The number of benzene rings is 2. The van der Waals surface area contributed by atoms with E-state index < -0.39 is 5.92 Å². The summed E-state index contributed by atoms with van der Waals surface area (Å²) >= 11 is 0. The molecule has 1 aliphatic heterocycles. The standard InChI is InChI=1S/C22H22N2O3/c1-14-7-8-17(11-15(14)2)24-10-9-19(22(24)26)21(25)23-13-18-12-16-5-3-4-6-20(16)27-18/h3-8,11-12,19H,9-10,13H2,1-2H3,(H,23,25)/t19-/m1/s1. The predicted molar refractivity (Wildman–Crippen MR) is 104 cm³/mol. The topological polar surface area (TPSA) is 62.6 Å². The van der Waals surface area contributed by atoms with Crippen molar-refractivity contribution in [3.05, 3.63) is 65.4 Å². The minimum Gasteiger partial charge on any atom is -0.459 e. The number of carbonyl (C=O) groups is 2. The summed E-state index contributed by atoms with van der Waals surface area (Å²) < 4.78 is 5.71. The lowest BCUT2D eigenvalue weighted by Crippen LogP contribution is -2.36. The minimum atomic E-state index is -0.643. The second-order valence-corrected chi connectivity index (χ2v) is 7.07. The van der Waals surface area contributed by atoms with Crippen molar-refractivity contribution < 1.29 is 14.0 Å². The van der Waals surface area contributed by atoms with E-state index in [2.05, 4.69) is 5.32 Å². The van der Waals surface area contributed by atoms with Crippen LogP contribution in [0.2, 0.25) is 0 Å². The van der Waals surface area contributed by atoms with E-state index in [0.29, 0.717) is 18.7 Å². The van der Waals surface area contributed by atoms with Crippen molar-refractivity contribution in [3.8, 4) is 0 Å². The van der Waals surface area contributed by atoms with Crippen molar-refractivity contribution in [2.75, 3.05) is 11.4 Å². The van der Waals surface area contributed by atoms with Gasteiger partial charge in [-0.25, -0.2) is 0 Å². The number of anilines is 1. The number of para-hydroxylation sites is 1. The van der Waals surface area contributed by atoms with Crippen LogP contribution in [0.1, 0.15) is 23.3 Å². The molecular weight excluding hydrogens is 340 g/mol. The van der Waals surface area contributed by atoms with E-state index in [9.17, 15) is 9.59 Å². The Morgan fingerprint density at radius 2 is 1.96 bits per heavy atom. The highest BCUT2D eigenvalue weighted by atomic mass is 16.3. The first-order chi connectivity index (χ1) is 13.0. The van der Waals surface area contributed by atoms with Crippen molar-refractivity contribution in [2.24, 2.45) is 5.92 Å². The number of rotatable bonds is 4. The Morgan fingerprint density at radius 1 is 1.15 bits per heavy atom. The maximum absolute atomic E-state index is 12.7. The fraction of sp³-hybridized carbons (Fsp3) is 0.273. The van der Waals surface area contributed by atoms with Crippen LogP contribution >= 0.6 is 0 Å². The molecule has 5 heteroatoms. The third-order valence-electron chi connectivity index (χ3n) is 5.24. The average molecular weight is 362 g/mol. The van der Waals surface area contributed by atoms with Crippen LogP contribution in [0.15, 0.2) is 52.9 Å². The van der Waals surface area contributed by atoms with E-state index in [1.165, 1.54) is 5.56 Å². The van der Waals surface area contributed by atoms with Gasteiger partial charge >= 0.3 is 0 Å². The van der Waals surface area contributed by atoms with Crippen LogP contribution in [-0.2, 0) is 16.1 Å². The molecule has 0 radical (unpaired) electrons. The lowest BCUT2D eigenvalue weighted by Gasteiger charge is -2.18. The Kier molecular flexibility index (Phi) is 4.44. The van der Waals surface area contributed by atoms with Crippen LogP contribution in [-0.4, -0.2) is 18.4 Å². The number of carbonyl (C=O) groups excluding carboxylic acids is 2. The van der Waals surface area contributed by atoms with Crippen LogP contribution in [0.5, 0.6) is 0 Å². The second kappa shape index (κ2) is 6.91. The van der Waals surface area contributed by atoms with Gasteiger partial charge in [-0.3, -0.25) is 9.59 Å². The fourth-order valence-electron chi connectivity index (χ4n) is 3.49. The summed E-state index contributed by atoms with van der Waals surface area (Å²) in [7, 11) is 0. The molecule has 1 atom stereocenters.